The lowest BCUT2D eigenvalue weighted by Gasteiger charge is -2.10. The van der Waals surface area contributed by atoms with Crippen molar-refractivity contribution in [1.82, 2.24) is 4.57 Å². The molecular formula is C13H14N2O4S. The summed E-state index contributed by atoms with van der Waals surface area (Å²) in [5, 5.41) is 14.3. The lowest BCUT2D eigenvalue weighted by molar-refractivity contribution is 0.470. The Kier molecular flexibility index (Phi) is 3.65. The number of hydrogen-bond acceptors (Lipinski definition) is 4. The van der Waals surface area contributed by atoms with Crippen LogP contribution in [0.4, 0.5) is 0 Å². The molecule has 7 heteroatoms. The van der Waals surface area contributed by atoms with Gasteiger partial charge in [0.1, 0.15) is 5.75 Å². The van der Waals surface area contributed by atoms with Crippen molar-refractivity contribution in [2.45, 2.75) is 18.4 Å². The third-order valence-corrected chi connectivity index (χ3v) is 3.84. The third kappa shape index (κ3) is 3.06. The van der Waals surface area contributed by atoms with Crippen LogP contribution in [0.1, 0.15) is 11.3 Å². The van der Waals surface area contributed by atoms with E-state index < -0.39 is 10.0 Å². The van der Waals surface area contributed by atoms with Crippen LogP contribution in [0.5, 0.6) is 5.75 Å². The van der Waals surface area contributed by atoms with Crippen LogP contribution < -0.4 is 10.7 Å². The van der Waals surface area contributed by atoms with Crippen molar-refractivity contribution in [3.63, 3.8) is 0 Å². The number of hydrogen-bond donors (Lipinski definition) is 2. The number of rotatable bonds is 3. The summed E-state index contributed by atoms with van der Waals surface area (Å²) in [6.45, 7) is 2.00. The van der Waals surface area contributed by atoms with Crippen molar-refractivity contribution in [3.8, 4) is 5.75 Å². The summed E-state index contributed by atoms with van der Waals surface area (Å²) in [7, 11) is -3.72. The monoisotopic (exact) mass is 294 g/mol. The Labute approximate surface area is 116 Å². The maximum atomic E-state index is 11.8. The number of aromatic nitrogens is 1. The maximum absolute atomic E-state index is 11.8. The Morgan fingerprint density at radius 3 is 2.30 bits per heavy atom. The number of pyridine rings is 1. The van der Waals surface area contributed by atoms with Gasteiger partial charge in [0.25, 0.3) is 5.56 Å². The highest BCUT2D eigenvalue weighted by Crippen LogP contribution is 2.12. The van der Waals surface area contributed by atoms with Gasteiger partial charge >= 0.3 is 0 Å². The molecule has 0 unspecified atom stereocenters. The fraction of sp³-hybridized carbons (Fsp3) is 0.154. The second-order valence-corrected chi connectivity index (χ2v) is 6.03. The number of sulfonamides is 1. The topological polar surface area (TPSA) is 102 Å². The molecule has 0 saturated carbocycles. The summed E-state index contributed by atoms with van der Waals surface area (Å²) in [6, 6.07) is 8.60. The van der Waals surface area contributed by atoms with Gasteiger partial charge in [-0.15, -0.1) is 0 Å². The van der Waals surface area contributed by atoms with E-state index in [0.29, 0.717) is 5.69 Å². The molecule has 3 N–H and O–H groups in total. The van der Waals surface area contributed by atoms with Gasteiger partial charge in [0.15, 0.2) is 0 Å². The average molecular weight is 294 g/mol. The van der Waals surface area contributed by atoms with Crippen LogP contribution in [-0.2, 0) is 16.6 Å². The van der Waals surface area contributed by atoms with Gasteiger partial charge in [-0.1, -0.05) is 12.1 Å². The first-order valence-corrected chi connectivity index (χ1v) is 7.34. The normalized spacial score (nSPS) is 11.5. The molecule has 6 nitrogen and oxygen atoms in total. The summed E-state index contributed by atoms with van der Waals surface area (Å²) in [6.07, 6.45) is 0. The quantitative estimate of drug-likeness (QED) is 0.863. The number of aryl methyl sites for hydroxylation is 1. The van der Waals surface area contributed by atoms with E-state index in [1.54, 1.807) is 19.1 Å². The minimum Gasteiger partial charge on any atom is -0.508 e. The van der Waals surface area contributed by atoms with Crippen LogP contribution in [0.2, 0.25) is 0 Å². The van der Waals surface area contributed by atoms with Gasteiger partial charge in [0.2, 0.25) is 10.0 Å². The zero-order valence-corrected chi connectivity index (χ0v) is 11.6. The molecule has 0 radical (unpaired) electrons. The van der Waals surface area contributed by atoms with Crippen molar-refractivity contribution in [2.75, 3.05) is 0 Å². The van der Waals surface area contributed by atoms with Crippen LogP contribution >= 0.6 is 0 Å². The van der Waals surface area contributed by atoms with Crippen molar-refractivity contribution in [3.05, 3.63) is 58.0 Å². The van der Waals surface area contributed by atoms with E-state index in [-0.39, 0.29) is 22.7 Å². The Morgan fingerprint density at radius 2 is 1.80 bits per heavy atom. The Hall–Kier alpha value is -2.12. The fourth-order valence-electron chi connectivity index (χ4n) is 1.88. The molecule has 0 amide bonds. The van der Waals surface area contributed by atoms with Gasteiger partial charge in [-0.2, -0.15) is 0 Å². The predicted octanol–water partition coefficient (Wildman–Crippen LogP) is 0.558. The predicted molar refractivity (Wildman–Crippen MR) is 74.0 cm³/mol. The molecule has 0 bridgehead atoms. The van der Waals surface area contributed by atoms with Crippen LogP contribution in [-0.4, -0.2) is 18.1 Å². The van der Waals surface area contributed by atoms with Gasteiger partial charge in [-0.3, -0.25) is 4.79 Å². The Balaban J connectivity index is 2.34. The Bertz CT molecular complexity index is 792. The maximum Gasteiger partial charge on any atom is 0.254 e. The molecular weight excluding hydrogens is 280 g/mol. The summed E-state index contributed by atoms with van der Waals surface area (Å²) in [5.41, 5.74) is 1.05. The molecule has 1 aromatic carbocycles. The molecule has 2 aromatic rings. The second-order valence-electron chi connectivity index (χ2n) is 4.47. The molecule has 0 aliphatic carbocycles. The van der Waals surface area contributed by atoms with E-state index in [0.717, 1.165) is 11.6 Å². The smallest absolute Gasteiger partial charge is 0.254 e. The van der Waals surface area contributed by atoms with Crippen molar-refractivity contribution in [1.29, 1.82) is 0 Å². The first kappa shape index (κ1) is 14.3. The van der Waals surface area contributed by atoms with E-state index >= 15 is 0 Å². The van der Waals surface area contributed by atoms with E-state index in [1.165, 1.54) is 22.8 Å². The number of benzene rings is 1. The SMILES string of the molecule is Cc1cc(O)cc(=O)n1Cc1ccc(S(N)(=O)=O)cc1. The average Bonchev–Trinajstić information content (AvgIpc) is 2.33. The largest absolute Gasteiger partial charge is 0.508 e. The summed E-state index contributed by atoms with van der Waals surface area (Å²) in [4.78, 5) is 11.8. The zero-order chi connectivity index (χ0) is 14.9. The summed E-state index contributed by atoms with van der Waals surface area (Å²) >= 11 is 0. The van der Waals surface area contributed by atoms with Gasteiger partial charge < -0.3 is 9.67 Å². The van der Waals surface area contributed by atoms with E-state index in [4.69, 9.17) is 5.14 Å². The molecule has 0 aliphatic rings. The molecule has 0 saturated heterocycles. The van der Waals surface area contributed by atoms with Crippen molar-refractivity contribution < 1.29 is 13.5 Å². The minimum atomic E-state index is -3.72. The first-order chi connectivity index (χ1) is 9.27. The molecule has 1 heterocycles. The van der Waals surface area contributed by atoms with Gasteiger partial charge in [-0.25, -0.2) is 13.6 Å². The molecule has 0 fully saturated rings. The molecule has 20 heavy (non-hydrogen) atoms. The summed E-state index contributed by atoms with van der Waals surface area (Å²) < 4.78 is 23.8. The Morgan fingerprint density at radius 1 is 1.20 bits per heavy atom. The van der Waals surface area contributed by atoms with Crippen LogP contribution in [0, 0.1) is 6.92 Å². The molecule has 1 aromatic heterocycles. The zero-order valence-electron chi connectivity index (χ0n) is 10.8. The fourth-order valence-corrected chi connectivity index (χ4v) is 2.40. The van der Waals surface area contributed by atoms with E-state index in [1.807, 2.05) is 0 Å². The van der Waals surface area contributed by atoms with Gasteiger partial charge in [0, 0.05) is 11.8 Å². The molecule has 0 atom stereocenters. The van der Waals surface area contributed by atoms with Crippen LogP contribution in [0.25, 0.3) is 0 Å². The molecule has 0 aliphatic heterocycles. The third-order valence-electron chi connectivity index (χ3n) is 2.91. The molecule has 2 rings (SSSR count). The number of primary sulfonamides is 1. The molecule has 106 valence electrons. The lowest BCUT2D eigenvalue weighted by Crippen LogP contribution is -2.21. The van der Waals surface area contributed by atoms with Crippen LogP contribution in [0.15, 0.2) is 46.1 Å². The summed E-state index contributed by atoms with van der Waals surface area (Å²) in [5.74, 6) is -0.0756. The van der Waals surface area contributed by atoms with Gasteiger partial charge in [0.05, 0.1) is 11.4 Å². The molecule has 0 spiro atoms. The van der Waals surface area contributed by atoms with Gasteiger partial charge in [-0.05, 0) is 30.7 Å². The lowest BCUT2D eigenvalue weighted by atomic mass is 10.2. The highest BCUT2D eigenvalue weighted by atomic mass is 32.2. The standard InChI is InChI=1S/C13H14N2O4S/c1-9-6-11(16)7-13(17)15(9)8-10-2-4-12(5-3-10)20(14,18)19/h2-7,16H,8H2,1H3,(H2,14,18,19). The number of aromatic hydroxyl groups is 1. The highest BCUT2D eigenvalue weighted by molar-refractivity contribution is 7.89. The van der Waals surface area contributed by atoms with Crippen LogP contribution in [0.3, 0.4) is 0 Å². The number of nitrogens with zero attached hydrogens (tertiary/aromatic N) is 1. The van der Waals surface area contributed by atoms with E-state index in [2.05, 4.69) is 0 Å². The minimum absolute atomic E-state index is 0.0241. The highest BCUT2D eigenvalue weighted by Gasteiger charge is 2.08. The van der Waals surface area contributed by atoms with E-state index in [9.17, 15) is 18.3 Å². The number of nitrogens with two attached hydrogens (primary N) is 1. The van der Waals surface area contributed by atoms with Crippen molar-refractivity contribution in [2.24, 2.45) is 5.14 Å². The first-order valence-electron chi connectivity index (χ1n) is 5.79. The van der Waals surface area contributed by atoms with Crippen molar-refractivity contribution >= 4 is 10.0 Å². The second kappa shape index (κ2) is 5.10.